The monoisotopic (exact) mass is 295 g/mol. The largest absolute Gasteiger partial charge is 0.354 e. The number of carbonyl (C=O) groups excluding carboxylic acids is 1. The SMILES string of the molecule is CC1CCN(C(C)CNC(=O)C2CCCCC2(C)N)CC1. The third kappa shape index (κ3) is 4.43. The third-order valence-corrected chi connectivity index (χ3v) is 5.58. The Kier molecular flexibility index (Phi) is 5.67. The van der Waals surface area contributed by atoms with E-state index in [-0.39, 0.29) is 17.4 Å². The van der Waals surface area contributed by atoms with Crippen LogP contribution < -0.4 is 11.1 Å². The Labute approximate surface area is 129 Å². The summed E-state index contributed by atoms with van der Waals surface area (Å²) in [7, 11) is 0. The number of likely N-dealkylation sites (tertiary alicyclic amines) is 1. The summed E-state index contributed by atoms with van der Waals surface area (Å²) in [6.07, 6.45) is 6.74. The highest BCUT2D eigenvalue weighted by atomic mass is 16.1. The highest BCUT2D eigenvalue weighted by Crippen LogP contribution is 2.31. The lowest BCUT2D eigenvalue weighted by Gasteiger charge is -2.38. The molecule has 3 atom stereocenters. The van der Waals surface area contributed by atoms with E-state index in [4.69, 9.17) is 5.73 Å². The third-order valence-electron chi connectivity index (χ3n) is 5.58. The highest BCUT2D eigenvalue weighted by Gasteiger charge is 2.37. The number of hydrogen-bond acceptors (Lipinski definition) is 3. The second-order valence-corrected chi connectivity index (χ2v) is 7.62. The van der Waals surface area contributed by atoms with Crippen LogP contribution in [0.3, 0.4) is 0 Å². The first-order valence-corrected chi connectivity index (χ1v) is 8.71. The summed E-state index contributed by atoms with van der Waals surface area (Å²) in [5.74, 6) is 1.000. The summed E-state index contributed by atoms with van der Waals surface area (Å²) < 4.78 is 0. The Bertz CT molecular complexity index is 348. The van der Waals surface area contributed by atoms with Gasteiger partial charge in [-0.1, -0.05) is 19.8 Å². The first-order valence-electron chi connectivity index (χ1n) is 8.71. The second kappa shape index (κ2) is 7.10. The molecule has 1 amide bonds. The first-order chi connectivity index (χ1) is 9.90. The van der Waals surface area contributed by atoms with Gasteiger partial charge in [0.1, 0.15) is 0 Å². The zero-order valence-corrected chi connectivity index (χ0v) is 14.0. The predicted octanol–water partition coefficient (Wildman–Crippen LogP) is 2.13. The first kappa shape index (κ1) is 16.8. The van der Waals surface area contributed by atoms with E-state index >= 15 is 0 Å². The summed E-state index contributed by atoms with van der Waals surface area (Å²) in [4.78, 5) is 14.9. The Hall–Kier alpha value is -0.610. The average Bonchev–Trinajstić information content (AvgIpc) is 2.44. The molecule has 0 spiro atoms. The topological polar surface area (TPSA) is 58.4 Å². The molecule has 0 aromatic heterocycles. The van der Waals surface area contributed by atoms with Gasteiger partial charge in [-0.05, 0) is 58.5 Å². The van der Waals surface area contributed by atoms with Gasteiger partial charge in [0.25, 0.3) is 0 Å². The highest BCUT2D eigenvalue weighted by molar-refractivity contribution is 5.80. The van der Waals surface area contributed by atoms with Crippen molar-refractivity contribution in [2.24, 2.45) is 17.6 Å². The molecule has 1 heterocycles. The molecule has 0 aromatic carbocycles. The molecule has 3 unspecified atom stereocenters. The number of hydrogen-bond donors (Lipinski definition) is 2. The van der Waals surface area contributed by atoms with Crippen molar-refractivity contribution in [3.63, 3.8) is 0 Å². The number of rotatable bonds is 4. The molecular weight excluding hydrogens is 262 g/mol. The van der Waals surface area contributed by atoms with Crippen molar-refractivity contribution in [1.82, 2.24) is 10.2 Å². The molecule has 0 radical (unpaired) electrons. The normalized spacial score (nSPS) is 33.6. The molecule has 1 aliphatic carbocycles. The Morgan fingerprint density at radius 1 is 1.33 bits per heavy atom. The molecule has 1 aliphatic heterocycles. The molecule has 122 valence electrons. The number of carbonyl (C=O) groups is 1. The molecule has 2 rings (SSSR count). The van der Waals surface area contributed by atoms with Crippen LogP contribution in [0.5, 0.6) is 0 Å². The molecule has 3 N–H and O–H groups in total. The smallest absolute Gasteiger partial charge is 0.225 e. The van der Waals surface area contributed by atoms with Crippen LogP contribution >= 0.6 is 0 Å². The number of nitrogens with two attached hydrogens (primary N) is 1. The van der Waals surface area contributed by atoms with Crippen LogP contribution in [0.2, 0.25) is 0 Å². The Morgan fingerprint density at radius 2 is 2.00 bits per heavy atom. The number of amides is 1. The standard InChI is InChI=1S/C17H33N3O/c1-13-7-10-20(11-8-13)14(2)12-19-16(21)15-6-4-5-9-17(15,3)18/h13-15H,4-12,18H2,1-3H3,(H,19,21). The fraction of sp³-hybridized carbons (Fsp3) is 0.941. The van der Waals surface area contributed by atoms with E-state index in [1.807, 2.05) is 6.92 Å². The van der Waals surface area contributed by atoms with Gasteiger partial charge in [0.2, 0.25) is 5.91 Å². The van der Waals surface area contributed by atoms with E-state index in [0.717, 1.165) is 51.2 Å². The van der Waals surface area contributed by atoms with E-state index in [0.29, 0.717) is 6.04 Å². The maximum absolute atomic E-state index is 12.4. The lowest BCUT2D eigenvalue weighted by molar-refractivity contribution is -0.128. The fourth-order valence-electron chi connectivity index (χ4n) is 3.76. The maximum atomic E-state index is 12.4. The van der Waals surface area contributed by atoms with Crippen molar-refractivity contribution in [3.05, 3.63) is 0 Å². The Balaban J connectivity index is 1.78. The zero-order chi connectivity index (χ0) is 15.5. The summed E-state index contributed by atoms with van der Waals surface area (Å²) >= 11 is 0. The van der Waals surface area contributed by atoms with Crippen molar-refractivity contribution in [2.45, 2.75) is 70.9 Å². The van der Waals surface area contributed by atoms with Gasteiger partial charge < -0.3 is 11.1 Å². The molecule has 2 fully saturated rings. The minimum Gasteiger partial charge on any atom is -0.354 e. The molecule has 1 saturated heterocycles. The molecule has 0 bridgehead atoms. The van der Waals surface area contributed by atoms with Crippen molar-refractivity contribution in [1.29, 1.82) is 0 Å². The molecule has 0 aromatic rings. The molecule has 1 saturated carbocycles. The summed E-state index contributed by atoms with van der Waals surface area (Å²) in [6, 6.07) is 0.425. The van der Waals surface area contributed by atoms with E-state index in [1.54, 1.807) is 0 Å². The molecule has 2 aliphatic rings. The van der Waals surface area contributed by atoms with Crippen LogP contribution in [0.25, 0.3) is 0 Å². The lowest BCUT2D eigenvalue weighted by atomic mass is 9.74. The van der Waals surface area contributed by atoms with E-state index < -0.39 is 0 Å². The molecule has 4 nitrogen and oxygen atoms in total. The lowest BCUT2D eigenvalue weighted by Crippen LogP contribution is -2.54. The number of nitrogens with zero attached hydrogens (tertiary/aromatic N) is 1. The van der Waals surface area contributed by atoms with Crippen molar-refractivity contribution in [2.75, 3.05) is 19.6 Å². The fourth-order valence-corrected chi connectivity index (χ4v) is 3.76. The van der Waals surface area contributed by atoms with Crippen LogP contribution in [0, 0.1) is 11.8 Å². The molecular formula is C17H33N3O. The van der Waals surface area contributed by atoms with Crippen LogP contribution in [0.4, 0.5) is 0 Å². The number of nitrogens with one attached hydrogen (secondary N) is 1. The molecule has 21 heavy (non-hydrogen) atoms. The zero-order valence-electron chi connectivity index (χ0n) is 14.0. The minimum absolute atomic E-state index is 0.0140. The van der Waals surface area contributed by atoms with E-state index in [1.165, 1.54) is 12.8 Å². The predicted molar refractivity (Wildman–Crippen MR) is 87.0 cm³/mol. The van der Waals surface area contributed by atoms with Gasteiger partial charge in [0.15, 0.2) is 0 Å². The van der Waals surface area contributed by atoms with E-state index in [9.17, 15) is 4.79 Å². The average molecular weight is 295 g/mol. The second-order valence-electron chi connectivity index (χ2n) is 7.62. The quantitative estimate of drug-likeness (QED) is 0.835. The van der Waals surface area contributed by atoms with Gasteiger partial charge in [-0.15, -0.1) is 0 Å². The summed E-state index contributed by atoms with van der Waals surface area (Å²) in [5, 5.41) is 3.16. The van der Waals surface area contributed by atoms with Gasteiger partial charge in [0, 0.05) is 18.1 Å². The van der Waals surface area contributed by atoms with Crippen LogP contribution in [-0.2, 0) is 4.79 Å². The van der Waals surface area contributed by atoms with Crippen molar-refractivity contribution >= 4 is 5.91 Å². The van der Waals surface area contributed by atoms with Gasteiger partial charge in [0.05, 0.1) is 5.92 Å². The molecule has 4 heteroatoms. The maximum Gasteiger partial charge on any atom is 0.225 e. The van der Waals surface area contributed by atoms with Crippen LogP contribution in [0.1, 0.15) is 59.3 Å². The summed E-state index contributed by atoms with van der Waals surface area (Å²) in [5.41, 5.74) is 5.99. The Morgan fingerprint density at radius 3 is 2.62 bits per heavy atom. The van der Waals surface area contributed by atoms with Gasteiger partial charge in [-0.3, -0.25) is 9.69 Å². The van der Waals surface area contributed by atoms with Crippen LogP contribution in [-0.4, -0.2) is 42.0 Å². The van der Waals surface area contributed by atoms with E-state index in [2.05, 4.69) is 24.1 Å². The van der Waals surface area contributed by atoms with Gasteiger partial charge >= 0.3 is 0 Å². The summed E-state index contributed by atoms with van der Waals surface area (Å²) in [6.45, 7) is 9.66. The number of piperidine rings is 1. The van der Waals surface area contributed by atoms with Gasteiger partial charge in [-0.25, -0.2) is 0 Å². The minimum atomic E-state index is -0.327. The van der Waals surface area contributed by atoms with Gasteiger partial charge in [-0.2, -0.15) is 0 Å². The van der Waals surface area contributed by atoms with Crippen molar-refractivity contribution in [3.8, 4) is 0 Å². The van der Waals surface area contributed by atoms with Crippen molar-refractivity contribution < 1.29 is 4.79 Å². The van der Waals surface area contributed by atoms with Crippen LogP contribution in [0.15, 0.2) is 0 Å².